The Bertz CT molecular complexity index is 1120. The van der Waals surface area contributed by atoms with E-state index in [0.717, 1.165) is 0 Å². The highest BCUT2D eigenvalue weighted by atomic mass is 79.9. The third-order valence-electron chi connectivity index (χ3n) is 3.69. The number of halogens is 2. The van der Waals surface area contributed by atoms with E-state index in [1.165, 1.54) is 13.3 Å². The second kappa shape index (κ2) is 8.69. The van der Waals surface area contributed by atoms with Crippen molar-refractivity contribution in [1.29, 1.82) is 5.26 Å². The third kappa shape index (κ3) is 4.22. The van der Waals surface area contributed by atoms with Gasteiger partial charge in [0, 0.05) is 5.56 Å². The lowest BCUT2D eigenvalue weighted by atomic mass is 10.1. The number of benzene rings is 2. The maximum absolute atomic E-state index is 12.2. The third-order valence-corrected chi connectivity index (χ3v) is 4.56. The first-order chi connectivity index (χ1) is 13.5. The zero-order valence-corrected chi connectivity index (χ0v) is 16.9. The second-order valence-electron chi connectivity index (χ2n) is 5.50. The number of anilines is 1. The smallest absolute Gasteiger partial charge is 0.270 e. The van der Waals surface area contributed by atoms with Crippen molar-refractivity contribution in [3.05, 3.63) is 73.4 Å². The predicted octanol–water partition coefficient (Wildman–Crippen LogP) is 4.18. The van der Waals surface area contributed by atoms with Gasteiger partial charge in [-0.05, 0) is 33.6 Å². The van der Waals surface area contributed by atoms with Gasteiger partial charge in [-0.3, -0.25) is 9.78 Å². The number of rotatable bonds is 5. The summed E-state index contributed by atoms with van der Waals surface area (Å²) in [5, 5.41) is 13.8. The summed E-state index contributed by atoms with van der Waals surface area (Å²) in [6.07, 6.45) is 1.51. The number of nitriles is 1. The normalized spacial score (nSPS) is 10.6. The topological polar surface area (TPSA) is 103 Å². The van der Waals surface area contributed by atoms with Crippen LogP contribution in [-0.4, -0.2) is 23.3 Å². The Morgan fingerprint density at radius 1 is 1.36 bits per heavy atom. The molecule has 0 aliphatic heterocycles. The van der Waals surface area contributed by atoms with Crippen molar-refractivity contribution < 1.29 is 4.74 Å². The monoisotopic (exact) mass is 457 g/mol. The van der Waals surface area contributed by atoms with Crippen LogP contribution in [0, 0.1) is 11.3 Å². The number of H-pyrrole nitrogens is 1. The van der Waals surface area contributed by atoms with E-state index in [2.05, 4.69) is 36.4 Å². The van der Waals surface area contributed by atoms with E-state index in [4.69, 9.17) is 16.3 Å². The Balaban J connectivity index is 1.90. The Kier molecular flexibility index (Phi) is 6.09. The van der Waals surface area contributed by atoms with E-state index < -0.39 is 5.56 Å². The van der Waals surface area contributed by atoms with Gasteiger partial charge in [0.1, 0.15) is 11.6 Å². The first kappa shape index (κ1) is 19.6. The van der Waals surface area contributed by atoms with Gasteiger partial charge in [0.05, 0.1) is 28.5 Å². The highest BCUT2D eigenvalue weighted by molar-refractivity contribution is 9.10. The largest absolute Gasteiger partial charge is 0.494 e. The maximum atomic E-state index is 12.2. The average molecular weight is 459 g/mol. The molecule has 0 saturated carbocycles. The molecule has 0 atom stereocenters. The van der Waals surface area contributed by atoms with Gasteiger partial charge in [0.25, 0.3) is 5.56 Å². The van der Waals surface area contributed by atoms with Crippen molar-refractivity contribution in [1.82, 2.24) is 9.97 Å². The standard InChI is InChI=1S/C19H13BrClN5O2/c1-28-17-14(20)7-11(8-15(17)21)10-23-26-19-24-16(12-5-3-2-4-6-12)13(9-22)18(27)25-19/h2-8,10H,1H3,(H2,24,25,26,27). The summed E-state index contributed by atoms with van der Waals surface area (Å²) in [6, 6.07) is 14.3. The summed E-state index contributed by atoms with van der Waals surface area (Å²) in [5.41, 5.74) is 3.68. The molecule has 0 fully saturated rings. The number of hydrazone groups is 1. The zero-order chi connectivity index (χ0) is 20.1. The van der Waals surface area contributed by atoms with Crippen molar-refractivity contribution in [3.63, 3.8) is 0 Å². The lowest BCUT2D eigenvalue weighted by molar-refractivity contribution is 0.412. The van der Waals surface area contributed by atoms with Crippen LogP contribution in [0.4, 0.5) is 5.95 Å². The van der Waals surface area contributed by atoms with Crippen molar-refractivity contribution in [2.45, 2.75) is 0 Å². The number of hydrogen-bond donors (Lipinski definition) is 2. The molecule has 0 aliphatic carbocycles. The average Bonchev–Trinajstić information content (AvgIpc) is 2.68. The van der Waals surface area contributed by atoms with Crippen molar-refractivity contribution in [2.24, 2.45) is 5.10 Å². The van der Waals surface area contributed by atoms with Crippen LogP contribution in [0.2, 0.25) is 5.02 Å². The maximum Gasteiger partial charge on any atom is 0.270 e. The highest BCUT2D eigenvalue weighted by Crippen LogP contribution is 2.33. The number of nitrogens with zero attached hydrogens (tertiary/aromatic N) is 3. The minimum atomic E-state index is -0.552. The molecule has 0 spiro atoms. The minimum absolute atomic E-state index is 0.0633. The Hall–Kier alpha value is -3.15. The van der Waals surface area contributed by atoms with Crippen molar-refractivity contribution in [3.8, 4) is 23.1 Å². The Morgan fingerprint density at radius 2 is 2.11 bits per heavy atom. The van der Waals surface area contributed by atoms with E-state index >= 15 is 0 Å². The lowest BCUT2D eigenvalue weighted by Crippen LogP contribution is -2.16. The van der Waals surface area contributed by atoms with Gasteiger partial charge in [-0.15, -0.1) is 0 Å². The fraction of sp³-hybridized carbons (Fsp3) is 0.0526. The number of nitrogens with one attached hydrogen (secondary N) is 2. The number of aromatic nitrogens is 2. The summed E-state index contributed by atoms with van der Waals surface area (Å²) in [7, 11) is 1.53. The van der Waals surface area contributed by atoms with E-state index in [9.17, 15) is 10.1 Å². The van der Waals surface area contributed by atoms with Gasteiger partial charge in [0.2, 0.25) is 5.95 Å². The molecule has 0 amide bonds. The number of hydrogen-bond acceptors (Lipinski definition) is 6. The molecule has 9 heteroatoms. The first-order valence-corrected chi connectivity index (χ1v) is 9.12. The molecule has 3 aromatic rings. The molecule has 1 aromatic heterocycles. The molecular formula is C19H13BrClN5O2. The van der Waals surface area contributed by atoms with Crippen LogP contribution >= 0.6 is 27.5 Å². The predicted molar refractivity (Wildman–Crippen MR) is 112 cm³/mol. The van der Waals surface area contributed by atoms with Crippen LogP contribution in [0.25, 0.3) is 11.3 Å². The summed E-state index contributed by atoms with van der Waals surface area (Å²) < 4.78 is 5.86. The molecule has 0 unspecified atom stereocenters. The fourth-order valence-corrected chi connectivity index (χ4v) is 3.51. The Labute approximate surface area is 173 Å². The molecule has 28 heavy (non-hydrogen) atoms. The van der Waals surface area contributed by atoms with E-state index in [1.807, 2.05) is 12.1 Å². The molecule has 1 heterocycles. The van der Waals surface area contributed by atoms with Crippen molar-refractivity contribution >= 4 is 39.7 Å². The highest BCUT2D eigenvalue weighted by Gasteiger charge is 2.13. The van der Waals surface area contributed by atoms with Gasteiger partial charge in [-0.25, -0.2) is 10.4 Å². The van der Waals surface area contributed by atoms with Crippen LogP contribution in [0.15, 0.2) is 56.8 Å². The number of aromatic amines is 1. The first-order valence-electron chi connectivity index (χ1n) is 7.95. The van der Waals surface area contributed by atoms with Crippen LogP contribution in [0.1, 0.15) is 11.1 Å². The van der Waals surface area contributed by atoms with E-state index in [0.29, 0.717) is 26.4 Å². The molecule has 2 aromatic carbocycles. The summed E-state index contributed by atoms with van der Waals surface area (Å²) >= 11 is 9.52. The number of methoxy groups -OCH3 is 1. The zero-order valence-electron chi connectivity index (χ0n) is 14.5. The van der Waals surface area contributed by atoms with E-state index in [1.54, 1.807) is 36.4 Å². The second-order valence-corrected chi connectivity index (χ2v) is 6.77. The Morgan fingerprint density at radius 3 is 2.75 bits per heavy atom. The molecular weight excluding hydrogens is 446 g/mol. The summed E-state index contributed by atoms with van der Waals surface area (Å²) in [5.74, 6) is 0.634. The fourth-order valence-electron chi connectivity index (χ4n) is 2.45. The SMILES string of the molecule is COc1c(Cl)cc(C=NNc2nc(-c3ccccc3)c(C#N)c(=O)[nH]2)cc1Br. The molecule has 0 aliphatic rings. The van der Waals surface area contributed by atoms with Crippen LogP contribution in [0.3, 0.4) is 0 Å². The molecule has 3 rings (SSSR count). The van der Waals surface area contributed by atoms with Crippen LogP contribution < -0.4 is 15.7 Å². The molecule has 0 bridgehead atoms. The molecule has 2 N–H and O–H groups in total. The van der Waals surface area contributed by atoms with Gasteiger partial charge in [0.15, 0.2) is 5.75 Å². The summed E-state index contributed by atoms with van der Waals surface area (Å²) in [6.45, 7) is 0. The minimum Gasteiger partial charge on any atom is -0.494 e. The number of ether oxygens (including phenoxy) is 1. The quantitative estimate of drug-likeness (QED) is 0.441. The van der Waals surface area contributed by atoms with Crippen LogP contribution in [-0.2, 0) is 0 Å². The van der Waals surface area contributed by atoms with Crippen LogP contribution in [0.5, 0.6) is 5.75 Å². The molecule has 0 radical (unpaired) electrons. The van der Waals surface area contributed by atoms with E-state index in [-0.39, 0.29) is 17.2 Å². The van der Waals surface area contributed by atoms with Gasteiger partial charge in [-0.2, -0.15) is 10.4 Å². The molecule has 7 nitrogen and oxygen atoms in total. The van der Waals surface area contributed by atoms with Gasteiger partial charge in [-0.1, -0.05) is 41.9 Å². The lowest BCUT2D eigenvalue weighted by Gasteiger charge is -2.07. The molecule has 0 saturated heterocycles. The molecule has 140 valence electrons. The van der Waals surface area contributed by atoms with Crippen molar-refractivity contribution in [2.75, 3.05) is 12.5 Å². The summed E-state index contributed by atoms with van der Waals surface area (Å²) in [4.78, 5) is 19.0. The van der Waals surface area contributed by atoms with Gasteiger partial charge >= 0.3 is 0 Å². The van der Waals surface area contributed by atoms with Gasteiger partial charge < -0.3 is 4.74 Å².